The Kier molecular flexibility index (Phi) is 4.61. The SMILES string of the molecule is CN1CCC(C)(C)N(Cc2ccccc2)C(CN)C1. The first-order valence-electron chi connectivity index (χ1n) is 7.22. The fraction of sp³-hybridized carbons (Fsp3) is 0.625. The monoisotopic (exact) mass is 261 g/mol. The molecule has 1 heterocycles. The van der Waals surface area contributed by atoms with Crippen LogP contribution in [0.1, 0.15) is 25.8 Å². The molecule has 0 bridgehead atoms. The summed E-state index contributed by atoms with van der Waals surface area (Å²) in [5, 5.41) is 0. The maximum absolute atomic E-state index is 6.03. The summed E-state index contributed by atoms with van der Waals surface area (Å²) in [6.07, 6.45) is 1.19. The number of hydrogen-bond donors (Lipinski definition) is 1. The van der Waals surface area contributed by atoms with Crippen molar-refractivity contribution in [2.75, 3.05) is 26.7 Å². The Labute approximate surface area is 117 Å². The van der Waals surface area contributed by atoms with Crippen LogP contribution in [0.4, 0.5) is 0 Å². The Balaban J connectivity index is 2.21. The van der Waals surface area contributed by atoms with Crippen LogP contribution in [0.2, 0.25) is 0 Å². The van der Waals surface area contributed by atoms with Gasteiger partial charge >= 0.3 is 0 Å². The molecular weight excluding hydrogens is 234 g/mol. The summed E-state index contributed by atoms with van der Waals surface area (Å²) in [5.74, 6) is 0. The molecule has 2 N–H and O–H groups in total. The fourth-order valence-electron chi connectivity index (χ4n) is 2.98. The summed E-state index contributed by atoms with van der Waals surface area (Å²) >= 11 is 0. The molecule has 19 heavy (non-hydrogen) atoms. The molecule has 0 aromatic heterocycles. The largest absolute Gasteiger partial charge is 0.329 e. The molecule has 1 atom stereocenters. The molecular formula is C16H27N3. The molecule has 3 heteroatoms. The zero-order valence-corrected chi connectivity index (χ0v) is 12.5. The van der Waals surface area contributed by atoms with E-state index in [4.69, 9.17) is 5.73 Å². The normalized spacial score (nSPS) is 25.2. The highest BCUT2D eigenvalue weighted by Gasteiger charge is 2.35. The van der Waals surface area contributed by atoms with Crippen LogP contribution in [0.3, 0.4) is 0 Å². The third-order valence-corrected chi connectivity index (χ3v) is 4.31. The van der Waals surface area contributed by atoms with E-state index in [1.54, 1.807) is 0 Å². The highest BCUT2D eigenvalue weighted by molar-refractivity contribution is 5.15. The lowest BCUT2D eigenvalue weighted by Crippen LogP contribution is -2.52. The van der Waals surface area contributed by atoms with Gasteiger partial charge in [0.1, 0.15) is 0 Å². The molecule has 0 radical (unpaired) electrons. The van der Waals surface area contributed by atoms with E-state index in [-0.39, 0.29) is 5.54 Å². The highest BCUT2D eigenvalue weighted by atomic mass is 15.3. The molecule has 1 aromatic carbocycles. The van der Waals surface area contributed by atoms with Gasteiger partial charge in [-0.3, -0.25) is 4.90 Å². The number of hydrogen-bond acceptors (Lipinski definition) is 3. The van der Waals surface area contributed by atoms with Gasteiger partial charge in [-0.2, -0.15) is 0 Å². The van der Waals surface area contributed by atoms with E-state index in [9.17, 15) is 0 Å². The van der Waals surface area contributed by atoms with Gasteiger partial charge in [0.25, 0.3) is 0 Å². The van der Waals surface area contributed by atoms with Gasteiger partial charge in [-0.25, -0.2) is 0 Å². The average molecular weight is 261 g/mol. The first-order valence-corrected chi connectivity index (χ1v) is 7.22. The molecule has 1 unspecified atom stereocenters. The predicted molar refractivity (Wildman–Crippen MR) is 81.0 cm³/mol. The lowest BCUT2D eigenvalue weighted by atomic mass is 9.96. The summed E-state index contributed by atoms with van der Waals surface area (Å²) in [4.78, 5) is 5.00. The zero-order valence-electron chi connectivity index (χ0n) is 12.5. The molecule has 0 spiro atoms. The molecule has 106 valence electrons. The highest BCUT2D eigenvalue weighted by Crippen LogP contribution is 2.27. The molecule has 3 nitrogen and oxygen atoms in total. The minimum absolute atomic E-state index is 0.199. The van der Waals surface area contributed by atoms with Crippen molar-refractivity contribution in [3.8, 4) is 0 Å². The van der Waals surface area contributed by atoms with Crippen LogP contribution in [0.25, 0.3) is 0 Å². The number of benzene rings is 1. The maximum atomic E-state index is 6.03. The van der Waals surface area contributed by atoms with Crippen molar-refractivity contribution in [1.29, 1.82) is 0 Å². The number of nitrogens with two attached hydrogens (primary N) is 1. The van der Waals surface area contributed by atoms with E-state index in [0.29, 0.717) is 6.04 Å². The van der Waals surface area contributed by atoms with Gasteiger partial charge in [-0.1, -0.05) is 30.3 Å². The summed E-state index contributed by atoms with van der Waals surface area (Å²) in [6.45, 7) is 8.61. The van der Waals surface area contributed by atoms with Crippen molar-refractivity contribution in [2.24, 2.45) is 5.73 Å². The van der Waals surface area contributed by atoms with Crippen LogP contribution < -0.4 is 5.73 Å². The Hall–Kier alpha value is -0.900. The van der Waals surface area contributed by atoms with Gasteiger partial charge in [0.2, 0.25) is 0 Å². The van der Waals surface area contributed by atoms with Gasteiger partial charge in [-0.15, -0.1) is 0 Å². The van der Waals surface area contributed by atoms with E-state index in [1.807, 2.05) is 0 Å². The summed E-state index contributed by atoms with van der Waals surface area (Å²) in [6, 6.07) is 11.2. The minimum atomic E-state index is 0.199. The Morgan fingerprint density at radius 2 is 1.95 bits per heavy atom. The zero-order chi connectivity index (χ0) is 13.9. The predicted octanol–water partition coefficient (Wildman–Crippen LogP) is 1.93. The van der Waals surface area contributed by atoms with Crippen molar-refractivity contribution < 1.29 is 0 Å². The lowest BCUT2D eigenvalue weighted by molar-refractivity contribution is 0.0702. The molecule has 1 saturated heterocycles. The van der Waals surface area contributed by atoms with Gasteiger partial charge in [0.05, 0.1) is 0 Å². The van der Waals surface area contributed by atoms with Crippen LogP contribution in [-0.4, -0.2) is 48.1 Å². The van der Waals surface area contributed by atoms with Gasteiger partial charge in [0.15, 0.2) is 0 Å². The molecule has 1 aliphatic rings. The molecule has 0 aliphatic carbocycles. The maximum Gasteiger partial charge on any atom is 0.0354 e. The Morgan fingerprint density at radius 3 is 2.58 bits per heavy atom. The average Bonchev–Trinajstić information content (AvgIpc) is 2.51. The molecule has 1 aliphatic heterocycles. The second-order valence-electron chi connectivity index (χ2n) is 6.33. The minimum Gasteiger partial charge on any atom is -0.329 e. The molecule has 0 amide bonds. The molecule has 1 aromatic rings. The first kappa shape index (κ1) is 14.5. The Morgan fingerprint density at radius 1 is 1.26 bits per heavy atom. The number of nitrogens with zero attached hydrogens (tertiary/aromatic N) is 2. The van der Waals surface area contributed by atoms with E-state index < -0.39 is 0 Å². The van der Waals surface area contributed by atoms with Crippen LogP contribution >= 0.6 is 0 Å². The van der Waals surface area contributed by atoms with Gasteiger partial charge in [-0.05, 0) is 39.4 Å². The fourth-order valence-corrected chi connectivity index (χ4v) is 2.98. The quantitative estimate of drug-likeness (QED) is 0.902. The second-order valence-corrected chi connectivity index (χ2v) is 6.33. The van der Waals surface area contributed by atoms with E-state index in [2.05, 4.69) is 61.0 Å². The molecule has 0 saturated carbocycles. The summed E-state index contributed by atoms with van der Waals surface area (Å²) < 4.78 is 0. The van der Waals surface area contributed by atoms with Crippen LogP contribution in [0.15, 0.2) is 30.3 Å². The van der Waals surface area contributed by atoms with Crippen molar-refractivity contribution >= 4 is 0 Å². The smallest absolute Gasteiger partial charge is 0.0354 e. The van der Waals surface area contributed by atoms with Crippen LogP contribution in [0, 0.1) is 0 Å². The molecule has 1 fully saturated rings. The van der Waals surface area contributed by atoms with Crippen LogP contribution in [-0.2, 0) is 6.54 Å². The standard InChI is InChI=1S/C16H27N3/c1-16(2)9-10-18(3)13-15(11-17)19(16)12-14-7-5-4-6-8-14/h4-8,15H,9-13,17H2,1-3H3. The van der Waals surface area contributed by atoms with E-state index in [0.717, 1.165) is 26.2 Å². The van der Waals surface area contributed by atoms with Crippen molar-refractivity contribution in [1.82, 2.24) is 9.80 Å². The number of likely N-dealkylation sites (N-methyl/N-ethyl adjacent to an activating group) is 1. The van der Waals surface area contributed by atoms with Gasteiger partial charge < -0.3 is 10.6 Å². The third-order valence-electron chi connectivity index (χ3n) is 4.31. The Bertz CT molecular complexity index is 388. The topological polar surface area (TPSA) is 32.5 Å². The van der Waals surface area contributed by atoms with E-state index in [1.165, 1.54) is 12.0 Å². The van der Waals surface area contributed by atoms with Gasteiger partial charge in [0, 0.05) is 31.2 Å². The van der Waals surface area contributed by atoms with Crippen molar-refractivity contribution in [3.63, 3.8) is 0 Å². The first-order chi connectivity index (χ1) is 9.03. The lowest BCUT2D eigenvalue weighted by Gasteiger charge is -2.41. The molecule has 2 rings (SSSR count). The summed E-state index contributed by atoms with van der Waals surface area (Å²) in [7, 11) is 2.20. The van der Waals surface area contributed by atoms with E-state index >= 15 is 0 Å². The second kappa shape index (κ2) is 6.04. The number of rotatable bonds is 3. The third kappa shape index (κ3) is 3.56. The van der Waals surface area contributed by atoms with Crippen LogP contribution in [0.5, 0.6) is 0 Å². The van der Waals surface area contributed by atoms with Crippen molar-refractivity contribution in [3.05, 3.63) is 35.9 Å². The van der Waals surface area contributed by atoms with Crippen molar-refractivity contribution in [2.45, 2.75) is 38.4 Å². The summed E-state index contributed by atoms with van der Waals surface area (Å²) in [5.41, 5.74) is 7.60.